The number of ether oxygens (including phenoxy) is 6. The number of ketones is 6. The fourth-order valence-corrected chi connectivity index (χ4v) is 33.3. The summed E-state index contributed by atoms with van der Waals surface area (Å²) in [5.41, 5.74) is 17.4. The van der Waals surface area contributed by atoms with Crippen LogP contribution >= 0.6 is 24.0 Å². The predicted octanol–water partition coefficient (Wildman–Crippen LogP) is 27.5. The van der Waals surface area contributed by atoms with Crippen LogP contribution in [-0.2, 0) is 57.2 Å². The maximum Gasteiger partial charge on any atom is 0.196 e. The van der Waals surface area contributed by atoms with Crippen LogP contribution in [0.1, 0.15) is 295 Å². The molecule has 0 aromatic carbocycles. The largest absolute Gasteiger partial charge is 0.511 e. The van der Waals surface area contributed by atoms with Gasteiger partial charge >= 0.3 is 0 Å². The van der Waals surface area contributed by atoms with Gasteiger partial charge in [-0.1, -0.05) is 248 Å². The summed E-state index contributed by atoms with van der Waals surface area (Å²) < 4.78 is 37.3. The fourth-order valence-electron chi connectivity index (χ4n) is 30.9. The normalized spacial score (nSPS) is 35.8. The smallest absolute Gasteiger partial charge is 0.196 e. The van der Waals surface area contributed by atoms with Gasteiger partial charge in [0.05, 0.1) is 83.4 Å². The predicted molar refractivity (Wildman–Crippen MR) is 596 cm³/mol. The Morgan fingerprint density at radius 2 is 0.706 bits per heavy atom. The summed E-state index contributed by atoms with van der Waals surface area (Å²) in [4.78, 5) is 75.7. The zero-order valence-corrected chi connectivity index (χ0v) is 95.7. The van der Waals surface area contributed by atoms with Crippen LogP contribution in [0.2, 0.25) is 78.6 Å². The van der Waals surface area contributed by atoms with E-state index in [1.807, 2.05) is 32.1 Å². The van der Waals surface area contributed by atoms with Gasteiger partial charge in [-0.25, -0.2) is 0 Å². The van der Waals surface area contributed by atoms with Crippen molar-refractivity contribution in [1.29, 1.82) is 15.8 Å². The number of fused-ring (bicyclic) bond motifs is 15. The average Bonchev–Trinajstić information content (AvgIpc) is 1.68. The van der Waals surface area contributed by atoms with Crippen molar-refractivity contribution >= 4 is 91.0 Å². The van der Waals surface area contributed by atoms with E-state index in [4.69, 9.17) is 34.8 Å². The van der Waals surface area contributed by atoms with Crippen LogP contribution in [0, 0.1) is 203 Å². The molecule has 3 spiro atoms. The summed E-state index contributed by atoms with van der Waals surface area (Å²) in [6.07, 6.45) is 43.2. The zero-order chi connectivity index (χ0) is 102. The van der Waals surface area contributed by atoms with E-state index < -0.39 is 76.4 Å². The lowest BCUT2D eigenvalue weighted by molar-refractivity contribution is -0.284. The number of hydrogen-bond acceptors (Lipinski definition) is 16. The first-order chi connectivity index (χ1) is 63.8. The lowest BCUT2D eigenvalue weighted by atomic mass is 9.43. The molecule has 0 aromatic heterocycles. The number of halogens is 1. The quantitative estimate of drug-likeness (QED) is 0.111. The molecule has 3 aliphatic heterocycles. The number of nitrogens with zero attached hydrogens (tertiary/aromatic N) is 3. The molecule has 0 bridgehead atoms. The number of carbonyl (C=O) groups excluding carboxylic acids is 6. The number of terminal acetylenes is 1. The monoisotopic (exact) mass is 2130 g/mol. The van der Waals surface area contributed by atoms with Crippen molar-refractivity contribution < 1.29 is 62.3 Å². The van der Waals surface area contributed by atoms with Crippen molar-refractivity contribution in [2.24, 2.45) is 111 Å². The molecule has 780 valence electrons. The molecule has 15 aliphatic carbocycles. The van der Waals surface area contributed by atoms with Gasteiger partial charge in [-0.2, -0.15) is 15.8 Å². The molecular formula is C122H176IN3O13Si4. The molecule has 0 amide bonds. The number of aliphatic hydroxyl groups excluding tert-OH is 1. The molecule has 15 atom stereocenters. The van der Waals surface area contributed by atoms with E-state index in [2.05, 4.69) is 245 Å². The number of carbonyl (C=O) groups is 6. The first-order valence-corrected chi connectivity index (χ1v) is 65.9. The van der Waals surface area contributed by atoms with Crippen LogP contribution in [0.15, 0.2) is 105 Å². The van der Waals surface area contributed by atoms with Gasteiger partial charge in [-0.3, -0.25) is 28.8 Å². The second-order valence-corrected chi connectivity index (χ2v) is 71.5. The number of rotatable bonds is 1. The Labute approximate surface area is 884 Å². The van der Waals surface area contributed by atoms with Gasteiger partial charge in [-0.05, 0) is 256 Å². The number of Topliss-reactive ketones (excluding diaryl/α,β-unsaturated/α-hetero) is 2. The van der Waals surface area contributed by atoms with E-state index in [0.717, 1.165) is 133 Å². The fraction of sp³-hybridized carbons (Fsp3) is 0.697. The molecule has 16 nitrogen and oxygen atoms in total. The van der Waals surface area contributed by atoms with Gasteiger partial charge in [0.25, 0.3) is 0 Å². The SMILES string of the molecule is C.C.C.C.C#C[C@]12CCCC=C1[C@@]1(C)CCC3(OCCO3)C(C)(C)[C@@H]1CC2.CC(=O)C1=C(O)C(C)(C)[C@@H]2CC[C@@]3(C#C[Si](C)(C)C)C=C(C#N)C(=O)C=C3[C@@]2(C)C1.CC1(C)C(=O)CC[C@]2(C)C3=CC(=O)C(C#N)=C[C@]3(C#C[Si](C)(C)C)CC[C@@H]12.CC1(C)[C@@H]2CC[C@@]3(C#C[Si](C)(C)C)C=C(C#N)C(=O)C=C3[C@@]2(C)CCC12OCCO2.CC1(C)[C@@H]2CC[C@@]3(C#C[Si](C)(C)C)CCC(=O)C=C3[C@@]2(C)CCC12OCCO2.I. The summed E-state index contributed by atoms with van der Waals surface area (Å²) >= 11 is 0. The first kappa shape index (κ1) is 120. The van der Waals surface area contributed by atoms with Gasteiger partial charge in [0, 0.05) is 64.8 Å². The third kappa shape index (κ3) is 20.3. The third-order valence-electron chi connectivity index (χ3n) is 37.9. The number of aliphatic hydroxyl groups is 1. The second kappa shape index (κ2) is 40.8. The highest BCUT2D eigenvalue weighted by molar-refractivity contribution is 14.0. The van der Waals surface area contributed by atoms with Gasteiger partial charge < -0.3 is 33.5 Å². The van der Waals surface area contributed by atoms with Crippen LogP contribution in [-0.4, -0.2) is 129 Å². The van der Waals surface area contributed by atoms with Gasteiger partial charge in [0.15, 0.2) is 46.3 Å². The van der Waals surface area contributed by atoms with Crippen molar-refractivity contribution in [2.45, 2.75) is 391 Å². The lowest BCUT2D eigenvalue weighted by Gasteiger charge is -2.64. The molecule has 3 heterocycles. The van der Waals surface area contributed by atoms with Crippen molar-refractivity contribution in [3.63, 3.8) is 0 Å². The summed E-state index contributed by atoms with van der Waals surface area (Å²) in [6.45, 7) is 65.9. The van der Waals surface area contributed by atoms with Crippen LogP contribution < -0.4 is 0 Å². The molecule has 18 aliphatic rings. The summed E-state index contributed by atoms with van der Waals surface area (Å²) in [6, 6.07) is 6.24. The summed E-state index contributed by atoms with van der Waals surface area (Å²) in [7, 11) is -6.41. The maximum atomic E-state index is 12.8. The lowest BCUT2D eigenvalue weighted by Crippen LogP contribution is -2.62. The van der Waals surface area contributed by atoms with Crippen LogP contribution in [0.25, 0.3) is 0 Å². The summed E-state index contributed by atoms with van der Waals surface area (Å²) in [5, 5.41) is 39.5. The number of allylic oxidation sites excluding steroid dienone is 18. The second-order valence-electron chi connectivity index (χ2n) is 52.5. The minimum atomic E-state index is -1.70. The highest BCUT2D eigenvalue weighted by Crippen LogP contribution is 2.75. The molecule has 3 saturated heterocycles. The topological polar surface area (TPSA) is 249 Å². The molecular weight excluding hydrogens is 1950 g/mol. The molecule has 9 saturated carbocycles. The van der Waals surface area contributed by atoms with E-state index in [9.17, 15) is 49.7 Å². The minimum absolute atomic E-state index is 0. The van der Waals surface area contributed by atoms with Crippen LogP contribution in [0.4, 0.5) is 0 Å². The van der Waals surface area contributed by atoms with E-state index in [1.54, 1.807) is 29.9 Å². The Morgan fingerprint density at radius 1 is 0.385 bits per heavy atom. The standard InChI is InChI=1S/C25H33NO3Si.C25H31NO3Si.C24H36O3Si.C23H29NO2Si.C21H30O2.4CH4.HI/c1-22(2)20-7-8-24(11-14-30(4,5)6)16-18(17-26)19(27)15-21(24)23(20,3)9-10-25(22)28-12-13-29-25;1-16(27)18-14-24(4)20(23(2,3)22(18)29)8-9-25(10-11-30(5,6)7)13-17(15-26)19(28)12-21(24)25;1-21(2)19-8-10-23(13-16-28(4,5)6)9-7-18(25)17-20(23)22(19,3)11-12-24(21)26-14-15-27-24;1-21(2)18-7-10-23(11-12-27(4,5)6)14-16(15-24)17(25)13-19(23)22(18,3)9-8-20(21)26;1-5-20-10-7-6-8-17(20)19(4)12-13-21(22-14-15-23-21)18(2,3)16(19)9-11-20;;;;;/h15-16,20H,7-10,12-13H2,1-6H3;12-13,20,29H,8-9,14H2,1-7H3;17,19H,7-12,14-15H2,1-6H3;13-14,18H,7-10H2,1-6H3;1,8,16H,6-7,9-15H2,2-4H3;4*1H4;1H/t20-,23-,24+;20-,24-,25+;19-,22-,23+;18-,22-,23+;16-,19-,20+;;;;;/m00000...../s1. The third-order valence-corrected chi connectivity index (χ3v) is 41.4. The molecule has 143 heavy (non-hydrogen) atoms. The van der Waals surface area contributed by atoms with Crippen molar-refractivity contribution in [1.82, 2.24) is 0 Å². The zero-order valence-electron chi connectivity index (χ0n) is 89.4. The minimum Gasteiger partial charge on any atom is -0.511 e. The van der Waals surface area contributed by atoms with E-state index in [-0.39, 0.29) is 171 Å². The molecule has 18 rings (SSSR count). The number of hydrogen-bond donors (Lipinski definition) is 1. The summed E-state index contributed by atoms with van der Waals surface area (Å²) in [5.74, 6) is 17.8. The highest BCUT2D eigenvalue weighted by atomic mass is 127. The highest BCUT2D eigenvalue weighted by Gasteiger charge is 2.71. The Balaban J connectivity index is 0.000000198. The van der Waals surface area contributed by atoms with Crippen molar-refractivity contribution in [3.05, 3.63) is 105 Å². The Morgan fingerprint density at radius 3 is 1.06 bits per heavy atom. The van der Waals surface area contributed by atoms with Gasteiger partial charge in [-0.15, -0.1) is 52.6 Å². The van der Waals surface area contributed by atoms with Crippen LogP contribution in [0.5, 0.6) is 0 Å². The van der Waals surface area contributed by atoms with E-state index in [0.29, 0.717) is 81.2 Å². The molecule has 0 radical (unpaired) electrons. The molecule has 0 unspecified atom stereocenters. The van der Waals surface area contributed by atoms with E-state index in [1.165, 1.54) is 38.2 Å². The molecule has 0 aromatic rings. The van der Waals surface area contributed by atoms with Gasteiger partial charge in [0.1, 0.15) is 62.0 Å². The number of nitriles is 3. The molecule has 1 N–H and O–H groups in total. The Bertz CT molecular complexity index is 5860. The van der Waals surface area contributed by atoms with Gasteiger partial charge in [0.2, 0.25) is 0 Å². The van der Waals surface area contributed by atoms with Crippen molar-refractivity contribution in [2.75, 3.05) is 39.6 Å². The molecule has 21 heteroatoms. The Hall–Kier alpha value is -6.89. The average molecular weight is 2130 g/mol. The van der Waals surface area contributed by atoms with Crippen LogP contribution in [0.3, 0.4) is 0 Å². The maximum absolute atomic E-state index is 12.8. The molecule has 12 fully saturated rings. The van der Waals surface area contributed by atoms with Crippen molar-refractivity contribution in [3.8, 4) is 76.4 Å². The van der Waals surface area contributed by atoms with E-state index >= 15 is 0 Å². The Kier molecular flexibility index (Phi) is 34.1. The first-order valence-electron chi connectivity index (χ1n) is 51.9.